The monoisotopic (exact) mass is 392 g/mol. The Morgan fingerprint density at radius 3 is 2.40 bits per heavy atom. The molecule has 5 rings (SSSR count). The number of hydrogen-bond donors (Lipinski definition) is 0. The fourth-order valence-electron chi connectivity index (χ4n) is 5.17. The van der Waals surface area contributed by atoms with Crippen molar-refractivity contribution in [3.63, 3.8) is 0 Å². The molecule has 0 amide bonds. The molecule has 1 aliphatic rings. The standard InChI is InChI=1S/C29H30N/c1-21-18-25(24-10-4-3-5-11-24)13-15-27(21)29-28-14-12-23(19-22-8-6-7-9-22)20-26(28)16-17-30(29)2/h3-5,10-18,20,22H,6-9,19H2,1-2H3/q+1. The molecule has 1 heterocycles. The molecule has 1 saturated carbocycles. The third-order valence-corrected chi connectivity index (χ3v) is 6.79. The van der Waals surface area contributed by atoms with Crippen LogP contribution in [-0.2, 0) is 13.5 Å². The van der Waals surface area contributed by atoms with Gasteiger partial charge >= 0.3 is 0 Å². The fraction of sp³-hybridized carbons (Fsp3) is 0.276. The van der Waals surface area contributed by atoms with Gasteiger partial charge in [-0.1, -0.05) is 80.3 Å². The molecule has 0 spiro atoms. The second-order valence-electron chi connectivity index (χ2n) is 8.95. The molecule has 1 heteroatoms. The zero-order chi connectivity index (χ0) is 20.5. The average molecular weight is 393 g/mol. The molecule has 0 N–H and O–H groups in total. The van der Waals surface area contributed by atoms with E-state index in [1.54, 1.807) is 0 Å². The van der Waals surface area contributed by atoms with Gasteiger partial charge in [0.05, 0.1) is 5.39 Å². The van der Waals surface area contributed by atoms with Crippen molar-refractivity contribution in [2.24, 2.45) is 13.0 Å². The van der Waals surface area contributed by atoms with Crippen LogP contribution in [0.5, 0.6) is 0 Å². The summed E-state index contributed by atoms with van der Waals surface area (Å²) in [6.45, 7) is 2.23. The molecule has 150 valence electrons. The van der Waals surface area contributed by atoms with E-state index in [1.165, 1.54) is 76.4 Å². The van der Waals surface area contributed by atoms with E-state index < -0.39 is 0 Å². The molecule has 4 aromatic rings. The molecule has 0 bridgehead atoms. The first-order valence-electron chi connectivity index (χ1n) is 11.3. The number of benzene rings is 3. The summed E-state index contributed by atoms with van der Waals surface area (Å²) in [4.78, 5) is 0. The Bertz CT molecular complexity index is 1180. The highest BCUT2D eigenvalue weighted by Crippen LogP contribution is 2.33. The van der Waals surface area contributed by atoms with Crippen molar-refractivity contribution < 1.29 is 4.57 Å². The van der Waals surface area contributed by atoms with Gasteiger partial charge in [-0.05, 0) is 59.0 Å². The molecule has 0 atom stereocenters. The molecule has 3 aromatic carbocycles. The predicted octanol–water partition coefficient (Wildman–Crippen LogP) is 7.04. The van der Waals surface area contributed by atoms with Crippen molar-refractivity contribution in [1.29, 1.82) is 0 Å². The van der Waals surface area contributed by atoms with E-state index in [4.69, 9.17) is 0 Å². The lowest BCUT2D eigenvalue weighted by molar-refractivity contribution is -0.659. The van der Waals surface area contributed by atoms with E-state index in [1.807, 2.05) is 0 Å². The van der Waals surface area contributed by atoms with E-state index in [9.17, 15) is 0 Å². The van der Waals surface area contributed by atoms with Crippen LogP contribution in [0.1, 0.15) is 36.8 Å². The van der Waals surface area contributed by atoms with Gasteiger partial charge < -0.3 is 0 Å². The van der Waals surface area contributed by atoms with Crippen LogP contribution in [0.3, 0.4) is 0 Å². The van der Waals surface area contributed by atoms with Crippen molar-refractivity contribution >= 4 is 10.8 Å². The Balaban J connectivity index is 1.55. The molecule has 1 fully saturated rings. The molecule has 0 unspecified atom stereocenters. The van der Waals surface area contributed by atoms with Crippen LogP contribution >= 0.6 is 0 Å². The molecule has 30 heavy (non-hydrogen) atoms. The third-order valence-electron chi connectivity index (χ3n) is 6.79. The minimum absolute atomic E-state index is 0.884. The number of hydrogen-bond acceptors (Lipinski definition) is 0. The lowest BCUT2D eigenvalue weighted by Crippen LogP contribution is -2.30. The van der Waals surface area contributed by atoms with E-state index >= 15 is 0 Å². The molecular formula is C29H30N+. The minimum atomic E-state index is 0.884. The van der Waals surface area contributed by atoms with Gasteiger partial charge in [-0.3, -0.25) is 0 Å². The van der Waals surface area contributed by atoms with Gasteiger partial charge in [0.15, 0.2) is 6.20 Å². The molecule has 1 aliphatic carbocycles. The van der Waals surface area contributed by atoms with Crippen molar-refractivity contribution in [1.82, 2.24) is 0 Å². The number of pyridine rings is 1. The topological polar surface area (TPSA) is 3.88 Å². The van der Waals surface area contributed by atoms with Gasteiger partial charge in [0.25, 0.3) is 0 Å². The summed E-state index contributed by atoms with van der Waals surface area (Å²) in [5, 5.41) is 2.69. The zero-order valence-electron chi connectivity index (χ0n) is 18.1. The average Bonchev–Trinajstić information content (AvgIpc) is 3.28. The van der Waals surface area contributed by atoms with Crippen molar-refractivity contribution in [3.05, 3.63) is 90.1 Å². The van der Waals surface area contributed by atoms with Gasteiger partial charge in [-0.15, -0.1) is 0 Å². The van der Waals surface area contributed by atoms with E-state index in [2.05, 4.69) is 97.5 Å². The van der Waals surface area contributed by atoms with Gasteiger partial charge in [0.2, 0.25) is 5.69 Å². The lowest BCUT2D eigenvalue weighted by atomic mass is 9.93. The van der Waals surface area contributed by atoms with Gasteiger partial charge in [-0.25, -0.2) is 4.57 Å². The second-order valence-corrected chi connectivity index (χ2v) is 8.95. The normalized spacial score (nSPS) is 14.5. The first-order valence-corrected chi connectivity index (χ1v) is 11.3. The van der Waals surface area contributed by atoms with Gasteiger partial charge in [0.1, 0.15) is 7.05 Å². The smallest absolute Gasteiger partial charge is 0.200 e. The zero-order valence-corrected chi connectivity index (χ0v) is 18.1. The van der Waals surface area contributed by atoms with Crippen LogP contribution in [0.2, 0.25) is 0 Å². The van der Waals surface area contributed by atoms with Crippen LogP contribution in [0.15, 0.2) is 79.0 Å². The van der Waals surface area contributed by atoms with E-state index in [-0.39, 0.29) is 0 Å². The Hall–Kier alpha value is -2.93. The van der Waals surface area contributed by atoms with Gasteiger partial charge in [-0.2, -0.15) is 0 Å². The Labute approximate surface area is 180 Å². The molecule has 1 aromatic heterocycles. The van der Waals surface area contributed by atoms with Crippen LogP contribution < -0.4 is 4.57 Å². The number of fused-ring (bicyclic) bond motifs is 1. The van der Waals surface area contributed by atoms with Crippen LogP contribution in [0.4, 0.5) is 0 Å². The molecule has 1 nitrogen and oxygen atoms in total. The SMILES string of the molecule is Cc1cc(-c2ccccc2)ccc1-c1c2ccc(CC3CCCC3)cc2cc[n+]1C. The Kier molecular flexibility index (Phi) is 5.12. The quantitative estimate of drug-likeness (QED) is 0.328. The van der Waals surface area contributed by atoms with Crippen LogP contribution in [0.25, 0.3) is 33.2 Å². The second kappa shape index (κ2) is 8.07. The summed E-state index contributed by atoms with van der Waals surface area (Å²) >= 11 is 0. The molecule has 0 radical (unpaired) electrons. The van der Waals surface area contributed by atoms with Crippen LogP contribution in [0, 0.1) is 12.8 Å². The first-order chi connectivity index (χ1) is 14.7. The minimum Gasteiger partial charge on any atom is -0.200 e. The highest BCUT2D eigenvalue weighted by Gasteiger charge is 2.19. The summed E-state index contributed by atoms with van der Waals surface area (Å²) < 4.78 is 2.27. The summed E-state index contributed by atoms with van der Waals surface area (Å²) in [7, 11) is 2.16. The highest BCUT2D eigenvalue weighted by molar-refractivity contribution is 5.94. The number of aryl methyl sites for hydroxylation is 2. The maximum Gasteiger partial charge on any atom is 0.220 e. The largest absolute Gasteiger partial charge is 0.220 e. The van der Waals surface area contributed by atoms with Gasteiger partial charge in [0, 0.05) is 11.6 Å². The van der Waals surface area contributed by atoms with E-state index in [0.717, 1.165) is 5.92 Å². The van der Waals surface area contributed by atoms with Crippen molar-refractivity contribution in [3.8, 4) is 22.4 Å². The first kappa shape index (κ1) is 19.1. The Morgan fingerprint density at radius 2 is 1.63 bits per heavy atom. The molecule has 0 aliphatic heterocycles. The summed E-state index contributed by atoms with van der Waals surface area (Å²) in [6.07, 6.45) is 9.08. The summed E-state index contributed by atoms with van der Waals surface area (Å²) in [5.41, 5.74) is 7.97. The van der Waals surface area contributed by atoms with Crippen molar-refractivity contribution in [2.75, 3.05) is 0 Å². The fourth-order valence-corrected chi connectivity index (χ4v) is 5.17. The number of nitrogens with zero attached hydrogens (tertiary/aromatic N) is 1. The van der Waals surface area contributed by atoms with E-state index in [0.29, 0.717) is 0 Å². The molecular weight excluding hydrogens is 362 g/mol. The maximum absolute atomic E-state index is 2.42. The lowest BCUT2D eigenvalue weighted by Gasteiger charge is -2.12. The third kappa shape index (κ3) is 3.65. The molecule has 0 saturated heterocycles. The highest BCUT2D eigenvalue weighted by atomic mass is 14.9. The number of rotatable bonds is 4. The number of aromatic nitrogens is 1. The summed E-state index contributed by atoms with van der Waals surface area (Å²) in [5.74, 6) is 0.884. The Morgan fingerprint density at radius 1 is 0.833 bits per heavy atom. The summed E-state index contributed by atoms with van der Waals surface area (Å²) in [6, 6.07) is 26.9. The predicted molar refractivity (Wildman–Crippen MR) is 126 cm³/mol. The van der Waals surface area contributed by atoms with Crippen LogP contribution in [-0.4, -0.2) is 0 Å². The van der Waals surface area contributed by atoms with Crippen molar-refractivity contribution in [2.45, 2.75) is 39.0 Å². The maximum atomic E-state index is 2.42.